The van der Waals surface area contributed by atoms with Crippen molar-refractivity contribution in [3.8, 4) is 10.9 Å². The van der Waals surface area contributed by atoms with E-state index in [0.29, 0.717) is 10.9 Å². The molecule has 0 spiro atoms. The Morgan fingerprint density at radius 3 is 2.56 bits per heavy atom. The normalized spacial score (nSPS) is 10.1. The van der Waals surface area contributed by atoms with E-state index in [2.05, 4.69) is 4.98 Å². The summed E-state index contributed by atoms with van der Waals surface area (Å²) in [5, 5.41) is 0.508. The number of ether oxygens (including phenoxy) is 1. The van der Waals surface area contributed by atoms with Crippen LogP contribution in [0.25, 0.3) is 0 Å². The maximum Gasteiger partial charge on any atom is 0.279 e. The van der Waals surface area contributed by atoms with Crippen molar-refractivity contribution in [1.29, 1.82) is 0 Å². The maximum absolute atomic E-state index is 11.2. The third-order valence-corrected chi connectivity index (χ3v) is 2.91. The highest BCUT2D eigenvalue weighted by Gasteiger charge is 2.12. The summed E-state index contributed by atoms with van der Waals surface area (Å²) < 4.78 is 5.55. The van der Waals surface area contributed by atoms with Gasteiger partial charge in [0.2, 0.25) is 0 Å². The Kier molecular flexibility index (Phi) is 3.01. The highest BCUT2D eigenvalue weighted by Crippen LogP contribution is 2.28. The molecule has 0 fully saturated rings. The molecule has 0 aliphatic heterocycles. The number of ketones is 1. The molecule has 16 heavy (non-hydrogen) atoms. The molecule has 0 bridgehead atoms. The fraction of sp³-hybridized carbons (Fsp3) is 0.167. The Morgan fingerprint density at radius 2 is 2.00 bits per heavy atom. The highest BCUT2D eigenvalue weighted by molar-refractivity contribution is 7.13. The lowest BCUT2D eigenvalue weighted by atomic mass is 10.3. The number of carbonyl (C=O) groups excluding carboxylic acids is 1. The number of carbonyl (C=O) groups is 1. The van der Waals surface area contributed by atoms with Gasteiger partial charge in [-0.3, -0.25) is 4.79 Å². The molecule has 2 rings (SSSR count). The van der Waals surface area contributed by atoms with Gasteiger partial charge < -0.3 is 4.74 Å². The minimum Gasteiger partial charge on any atom is -0.431 e. The number of nitrogens with zero attached hydrogens (tertiary/aromatic N) is 1. The summed E-state index contributed by atoms with van der Waals surface area (Å²) in [5.41, 5.74) is 0.496. The number of thiazole rings is 1. The number of benzene rings is 1. The predicted octanol–water partition coefficient (Wildman–Crippen LogP) is 3.45. The van der Waals surface area contributed by atoms with Crippen molar-refractivity contribution in [2.45, 2.75) is 13.8 Å². The van der Waals surface area contributed by atoms with Crippen LogP contribution < -0.4 is 4.74 Å². The average Bonchev–Trinajstić information content (AvgIpc) is 2.61. The monoisotopic (exact) mass is 233 g/mol. The van der Waals surface area contributed by atoms with Crippen LogP contribution in [0.3, 0.4) is 0 Å². The van der Waals surface area contributed by atoms with Gasteiger partial charge in [-0.25, -0.2) is 0 Å². The van der Waals surface area contributed by atoms with Crippen molar-refractivity contribution >= 4 is 17.1 Å². The molecule has 0 saturated heterocycles. The molecule has 3 nitrogen and oxygen atoms in total. The van der Waals surface area contributed by atoms with E-state index in [1.807, 2.05) is 37.3 Å². The van der Waals surface area contributed by atoms with Crippen LogP contribution in [-0.4, -0.2) is 10.8 Å². The van der Waals surface area contributed by atoms with Crippen LogP contribution in [0.2, 0.25) is 0 Å². The van der Waals surface area contributed by atoms with Gasteiger partial charge in [-0.1, -0.05) is 29.5 Å². The van der Waals surface area contributed by atoms with Gasteiger partial charge >= 0.3 is 0 Å². The van der Waals surface area contributed by atoms with Crippen LogP contribution in [0.4, 0.5) is 0 Å². The summed E-state index contributed by atoms with van der Waals surface area (Å²) in [6, 6.07) is 9.40. The first-order valence-electron chi connectivity index (χ1n) is 4.88. The molecule has 0 amide bonds. The van der Waals surface area contributed by atoms with Crippen molar-refractivity contribution in [2.75, 3.05) is 0 Å². The summed E-state index contributed by atoms with van der Waals surface area (Å²) in [7, 11) is 0. The van der Waals surface area contributed by atoms with Crippen LogP contribution in [0, 0.1) is 6.92 Å². The third kappa shape index (κ3) is 2.28. The van der Waals surface area contributed by atoms with E-state index in [0.717, 1.165) is 10.6 Å². The van der Waals surface area contributed by atoms with E-state index in [-0.39, 0.29) is 5.78 Å². The van der Waals surface area contributed by atoms with Crippen LogP contribution in [0.1, 0.15) is 22.3 Å². The zero-order chi connectivity index (χ0) is 11.5. The zero-order valence-electron chi connectivity index (χ0n) is 9.06. The van der Waals surface area contributed by atoms with Gasteiger partial charge in [0.25, 0.3) is 5.19 Å². The summed E-state index contributed by atoms with van der Waals surface area (Å²) in [6.07, 6.45) is 0. The minimum absolute atomic E-state index is 0.0309. The zero-order valence-corrected chi connectivity index (χ0v) is 9.88. The summed E-state index contributed by atoms with van der Waals surface area (Å²) in [6.45, 7) is 3.38. The SMILES string of the molecule is CC(=O)c1nc(Oc2ccccc2)sc1C. The second-order valence-corrected chi connectivity index (χ2v) is 4.52. The van der Waals surface area contributed by atoms with E-state index in [1.165, 1.54) is 18.3 Å². The van der Waals surface area contributed by atoms with Gasteiger partial charge in [-0.05, 0) is 19.1 Å². The number of hydrogen-bond donors (Lipinski definition) is 0. The van der Waals surface area contributed by atoms with E-state index in [1.54, 1.807) is 0 Å². The molecule has 0 aliphatic carbocycles. The molecule has 0 unspecified atom stereocenters. The van der Waals surface area contributed by atoms with Gasteiger partial charge in [0.15, 0.2) is 5.78 Å². The Morgan fingerprint density at radius 1 is 1.31 bits per heavy atom. The van der Waals surface area contributed by atoms with Crippen LogP contribution in [0.5, 0.6) is 10.9 Å². The van der Waals surface area contributed by atoms with Gasteiger partial charge in [-0.15, -0.1) is 0 Å². The molecule has 0 saturated carbocycles. The van der Waals surface area contributed by atoms with Crippen molar-refractivity contribution in [3.63, 3.8) is 0 Å². The first-order valence-corrected chi connectivity index (χ1v) is 5.70. The van der Waals surface area contributed by atoms with E-state index < -0.39 is 0 Å². The molecule has 1 heterocycles. The summed E-state index contributed by atoms with van der Waals surface area (Å²) in [5.74, 6) is 0.697. The topological polar surface area (TPSA) is 39.2 Å². The van der Waals surface area contributed by atoms with Crippen LogP contribution in [-0.2, 0) is 0 Å². The number of para-hydroxylation sites is 1. The number of aryl methyl sites for hydroxylation is 1. The second-order valence-electron chi connectivity index (χ2n) is 3.36. The first kappa shape index (κ1) is 10.8. The third-order valence-electron chi connectivity index (χ3n) is 2.06. The van der Waals surface area contributed by atoms with Crippen molar-refractivity contribution in [2.24, 2.45) is 0 Å². The highest BCUT2D eigenvalue weighted by atomic mass is 32.1. The van der Waals surface area contributed by atoms with Crippen molar-refractivity contribution in [3.05, 3.63) is 40.9 Å². The fourth-order valence-corrected chi connectivity index (χ4v) is 2.15. The molecule has 0 radical (unpaired) electrons. The molecule has 1 aromatic carbocycles. The Labute approximate surface area is 97.7 Å². The standard InChI is InChI=1S/C12H11NO2S/c1-8(14)11-9(2)16-12(13-11)15-10-6-4-3-5-7-10/h3-7H,1-2H3. The second kappa shape index (κ2) is 4.45. The maximum atomic E-state index is 11.2. The molecule has 4 heteroatoms. The minimum atomic E-state index is -0.0309. The van der Waals surface area contributed by atoms with Gasteiger partial charge in [0.05, 0.1) is 0 Å². The molecule has 0 atom stereocenters. The van der Waals surface area contributed by atoms with Crippen molar-refractivity contribution in [1.82, 2.24) is 4.98 Å². The molecule has 1 aromatic heterocycles. The number of hydrogen-bond acceptors (Lipinski definition) is 4. The Balaban J connectivity index is 2.23. The van der Waals surface area contributed by atoms with Crippen molar-refractivity contribution < 1.29 is 9.53 Å². The van der Waals surface area contributed by atoms with Crippen LogP contribution in [0.15, 0.2) is 30.3 Å². The molecule has 0 N–H and O–H groups in total. The summed E-state index contributed by atoms with van der Waals surface area (Å²) in [4.78, 5) is 16.3. The summed E-state index contributed by atoms with van der Waals surface area (Å²) >= 11 is 1.38. The van der Waals surface area contributed by atoms with Crippen LogP contribution >= 0.6 is 11.3 Å². The smallest absolute Gasteiger partial charge is 0.279 e. The van der Waals surface area contributed by atoms with E-state index in [9.17, 15) is 4.79 Å². The lowest BCUT2D eigenvalue weighted by molar-refractivity contribution is 0.101. The van der Waals surface area contributed by atoms with Gasteiger partial charge in [0, 0.05) is 11.8 Å². The van der Waals surface area contributed by atoms with Gasteiger partial charge in [0.1, 0.15) is 11.4 Å². The Bertz CT molecular complexity index is 505. The number of Topliss-reactive ketones (excluding diaryl/α,β-unsaturated/α-hetero) is 1. The number of aromatic nitrogens is 1. The average molecular weight is 233 g/mol. The molecular weight excluding hydrogens is 222 g/mol. The lowest BCUT2D eigenvalue weighted by Crippen LogP contribution is -1.94. The molecule has 2 aromatic rings. The fourth-order valence-electron chi connectivity index (χ4n) is 1.33. The molecular formula is C12H11NO2S. The quantitative estimate of drug-likeness (QED) is 0.762. The lowest BCUT2D eigenvalue weighted by Gasteiger charge is -1.99. The van der Waals surface area contributed by atoms with E-state index >= 15 is 0 Å². The number of rotatable bonds is 3. The predicted molar refractivity (Wildman–Crippen MR) is 63.4 cm³/mol. The Hall–Kier alpha value is -1.68. The largest absolute Gasteiger partial charge is 0.431 e. The molecule has 0 aliphatic rings. The first-order chi connectivity index (χ1) is 7.66. The van der Waals surface area contributed by atoms with E-state index in [4.69, 9.17) is 4.74 Å². The molecule has 82 valence electrons. The van der Waals surface area contributed by atoms with Gasteiger partial charge in [-0.2, -0.15) is 4.98 Å².